The first kappa shape index (κ1) is 24.6. The molecule has 0 aliphatic rings. The maximum Gasteiger partial charge on any atom is 1.00 e. The van der Waals surface area contributed by atoms with E-state index < -0.39 is 10.1 Å². The van der Waals surface area contributed by atoms with Crippen LogP contribution in [0.15, 0.2) is 29.2 Å². The Bertz CT molecular complexity index is 538. The fraction of sp³-hybridized carbons (Fsp3) is 0.625. The molecule has 1 aromatic rings. The van der Waals surface area contributed by atoms with Gasteiger partial charge in [-0.3, -0.25) is 0 Å². The zero-order valence-corrected chi connectivity index (χ0v) is 20.8. The van der Waals surface area contributed by atoms with Crippen molar-refractivity contribution in [2.24, 2.45) is 0 Å². The summed E-state index contributed by atoms with van der Waals surface area (Å²) in [7, 11) is -4.37. The van der Waals surface area contributed by atoms with E-state index >= 15 is 0 Å². The van der Waals surface area contributed by atoms with E-state index in [1.807, 2.05) is 0 Å². The van der Waals surface area contributed by atoms with Crippen molar-refractivity contribution >= 4 is 55.3 Å². The average molecular weight is 572 g/mol. The molecular formula is C16H23I2NaO3S. The molecule has 126 valence electrons. The van der Waals surface area contributed by atoms with Gasteiger partial charge in [-0.25, -0.2) is 8.42 Å². The first-order chi connectivity index (χ1) is 10.4. The fourth-order valence-electron chi connectivity index (χ4n) is 2.42. The third kappa shape index (κ3) is 11.0. The molecule has 0 amide bonds. The van der Waals surface area contributed by atoms with Crippen LogP contribution in [0.2, 0.25) is 0 Å². The zero-order valence-electron chi connectivity index (χ0n) is 13.6. The third-order valence-corrected chi connectivity index (χ3v) is 6.35. The molecule has 0 aromatic heterocycles. The first-order valence-electron chi connectivity index (χ1n) is 7.69. The van der Waals surface area contributed by atoms with Gasteiger partial charge < -0.3 is 4.55 Å². The maximum atomic E-state index is 11.3. The molecule has 0 aliphatic heterocycles. The van der Waals surface area contributed by atoms with E-state index in [1.165, 1.54) is 49.0 Å². The van der Waals surface area contributed by atoms with Gasteiger partial charge in [0.1, 0.15) is 10.1 Å². The minimum Gasteiger partial charge on any atom is -0.744 e. The van der Waals surface area contributed by atoms with Crippen molar-refractivity contribution in [3.8, 4) is 0 Å². The van der Waals surface area contributed by atoms with Crippen LogP contribution < -0.4 is 29.6 Å². The van der Waals surface area contributed by atoms with Gasteiger partial charge in [-0.1, -0.05) is 95.5 Å². The predicted molar refractivity (Wildman–Crippen MR) is 107 cm³/mol. The number of benzene rings is 1. The second-order valence-corrected chi connectivity index (χ2v) is 9.65. The molecular weight excluding hydrogens is 549 g/mol. The van der Waals surface area contributed by atoms with Gasteiger partial charge in [-0.15, -0.1) is 0 Å². The van der Waals surface area contributed by atoms with E-state index in [0.717, 1.165) is 6.42 Å². The summed E-state index contributed by atoms with van der Waals surface area (Å²) in [5.41, 5.74) is 0.652. The molecule has 0 fully saturated rings. The van der Waals surface area contributed by atoms with Crippen LogP contribution in [0.4, 0.5) is 0 Å². The van der Waals surface area contributed by atoms with Gasteiger partial charge in [-0.2, -0.15) is 0 Å². The van der Waals surface area contributed by atoms with Crippen molar-refractivity contribution in [1.82, 2.24) is 0 Å². The molecule has 0 radical (unpaired) electrons. The maximum absolute atomic E-state index is 11.3. The quantitative estimate of drug-likeness (QED) is 0.134. The molecule has 0 aliphatic carbocycles. The summed E-state index contributed by atoms with van der Waals surface area (Å²) in [6.07, 6.45) is 9.36. The predicted octanol–water partition coefficient (Wildman–Crippen LogP) is 2.11. The van der Waals surface area contributed by atoms with Crippen LogP contribution in [0.5, 0.6) is 0 Å². The molecule has 0 saturated carbocycles. The molecule has 1 rings (SSSR count). The summed E-state index contributed by atoms with van der Waals surface area (Å²) < 4.78 is 35.4. The Balaban J connectivity index is 0.00000484. The van der Waals surface area contributed by atoms with Crippen LogP contribution in [-0.4, -0.2) is 21.3 Å². The van der Waals surface area contributed by atoms with Gasteiger partial charge in [-0.05, 0) is 35.3 Å². The monoisotopic (exact) mass is 572 g/mol. The summed E-state index contributed by atoms with van der Waals surface area (Å²) in [6.45, 7) is 0. The van der Waals surface area contributed by atoms with Crippen LogP contribution in [-0.2, 0) is 16.5 Å². The largest absolute Gasteiger partial charge is 1.00 e. The summed E-state index contributed by atoms with van der Waals surface area (Å²) in [6, 6.07) is 6.56. The van der Waals surface area contributed by atoms with E-state index in [2.05, 4.69) is 45.2 Å². The topological polar surface area (TPSA) is 57.2 Å². The minimum atomic E-state index is -4.37. The number of hydrogen-bond acceptors (Lipinski definition) is 3. The summed E-state index contributed by atoms with van der Waals surface area (Å²) in [5, 5.41) is 0. The molecule has 1 aromatic carbocycles. The zero-order chi connectivity index (χ0) is 16.4. The van der Waals surface area contributed by atoms with E-state index in [-0.39, 0.29) is 34.5 Å². The second kappa shape index (κ2) is 13.7. The van der Waals surface area contributed by atoms with Crippen LogP contribution in [0.25, 0.3) is 0 Å². The van der Waals surface area contributed by atoms with Gasteiger partial charge >= 0.3 is 29.6 Å². The molecule has 0 spiro atoms. The van der Waals surface area contributed by atoms with Crippen molar-refractivity contribution in [3.63, 3.8) is 0 Å². The Morgan fingerprint density at radius 2 is 1.57 bits per heavy atom. The van der Waals surface area contributed by atoms with Gasteiger partial charge in [0.05, 0.1) is 4.90 Å². The Hall–Kier alpha value is 1.59. The van der Waals surface area contributed by atoms with Crippen molar-refractivity contribution in [3.05, 3.63) is 29.8 Å². The van der Waals surface area contributed by atoms with Crippen LogP contribution in [0.1, 0.15) is 50.5 Å². The molecule has 0 N–H and O–H groups in total. The molecule has 23 heavy (non-hydrogen) atoms. The molecule has 1 unspecified atom stereocenters. The number of rotatable bonds is 11. The molecule has 0 bridgehead atoms. The first-order valence-corrected chi connectivity index (χ1v) is 11.9. The smallest absolute Gasteiger partial charge is 0.744 e. The second-order valence-electron chi connectivity index (χ2n) is 5.46. The number of hydrogen-bond donors (Lipinski definition) is 0. The van der Waals surface area contributed by atoms with Crippen molar-refractivity contribution in [2.45, 2.75) is 60.2 Å². The Morgan fingerprint density at radius 1 is 1.00 bits per heavy atom. The molecule has 3 nitrogen and oxygen atoms in total. The van der Waals surface area contributed by atoms with Gasteiger partial charge in [0.25, 0.3) is 0 Å². The van der Waals surface area contributed by atoms with E-state index in [0.29, 0.717) is 15.9 Å². The minimum absolute atomic E-state index is 0. The van der Waals surface area contributed by atoms with E-state index in [1.54, 1.807) is 18.2 Å². The van der Waals surface area contributed by atoms with Crippen molar-refractivity contribution in [1.29, 1.82) is 0 Å². The van der Waals surface area contributed by atoms with E-state index in [4.69, 9.17) is 0 Å². The molecule has 0 saturated heterocycles. The number of unbranched alkanes of at least 4 members (excludes halogenated alkanes) is 5. The van der Waals surface area contributed by atoms with Gasteiger partial charge in [0, 0.05) is 3.92 Å². The number of alkyl halides is 2. The van der Waals surface area contributed by atoms with Gasteiger partial charge in [0.15, 0.2) is 0 Å². The SMILES string of the molecule is O=S(=O)([O-])c1ccccc1CC(I)CCCCCCCCI.[Na+]. The molecule has 7 heteroatoms. The van der Waals surface area contributed by atoms with Crippen LogP contribution in [0, 0.1) is 0 Å². The molecule has 0 heterocycles. The Kier molecular flexibility index (Phi) is 14.7. The van der Waals surface area contributed by atoms with Gasteiger partial charge in [0.2, 0.25) is 0 Å². The Morgan fingerprint density at radius 3 is 2.17 bits per heavy atom. The number of halogens is 2. The summed E-state index contributed by atoms with van der Waals surface area (Å²) in [5.74, 6) is 0. The average Bonchev–Trinajstić information content (AvgIpc) is 2.46. The van der Waals surface area contributed by atoms with Crippen LogP contribution in [0.3, 0.4) is 0 Å². The van der Waals surface area contributed by atoms with Crippen LogP contribution >= 0.6 is 45.2 Å². The standard InChI is InChI=1S/C16H24I2O3S.Na/c17-12-8-4-2-1-3-5-10-15(18)13-14-9-6-7-11-16(14)22(19,20)21;/h6-7,9,11,15H,1-5,8,10,12-13H2,(H,19,20,21);/q;+1/p-1. The fourth-order valence-corrected chi connectivity index (χ4v) is 4.60. The van der Waals surface area contributed by atoms with E-state index in [9.17, 15) is 13.0 Å². The third-order valence-electron chi connectivity index (χ3n) is 3.58. The normalized spacial score (nSPS) is 12.7. The molecule has 1 atom stereocenters. The van der Waals surface area contributed by atoms with Crippen molar-refractivity contribution in [2.75, 3.05) is 4.43 Å². The summed E-state index contributed by atoms with van der Waals surface area (Å²) in [4.78, 5) is -0.0598. The Labute approximate surface area is 190 Å². The van der Waals surface area contributed by atoms with Crippen molar-refractivity contribution < 1.29 is 42.5 Å². The summed E-state index contributed by atoms with van der Waals surface area (Å²) >= 11 is 4.78.